The number of para-hydroxylation sites is 1. The Labute approximate surface area is 140 Å². The monoisotopic (exact) mass is 322 g/mol. The summed E-state index contributed by atoms with van der Waals surface area (Å²) < 4.78 is 10.6. The Hall–Kier alpha value is -3.08. The number of carbonyl (C=O) groups is 1. The van der Waals surface area contributed by atoms with Crippen molar-refractivity contribution in [1.82, 2.24) is 10.3 Å². The molecule has 5 heteroatoms. The van der Waals surface area contributed by atoms with Crippen LogP contribution in [0.15, 0.2) is 65.5 Å². The molecule has 0 aliphatic carbocycles. The van der Waals surface area contributed by atoms with Crippen molar-refractivity contribution in [3.05, 3.63) is 72.2 Å². The van der Waals surface area contributed by atoms with Crippen LogP contribution < -0.4 is 10.1 Å². The summed E-state index contributed by atoms with van der Waals surface area (Å²) in [6.45, 7) is 0.412. The molecule has 0 saturated carbocycles. The van der Waals surface area contributed by atoms with Gasteiger partial charge in [-0.25, -0.2) is 0 Å². The second-order valence-electron chi connectivity index (χ2n) is 5.32. The van der Waals surface area contributed by atoms with Gasteiger partial charge in [-0.2, -0.15) is 0 Å². The van der Waals surface area contributed by atoms with Crippen molar-refractivity contribution in [3.8, 4) is 17.1 Å². The van der Waals surface area contributed by atoms with Crippen LogP contribution in [-0.4, -0.2) is 18.0 Å². The van der Waals surface area contributed by atoms with E-state index in [-0.39, 0.29) is 12.3 Å². The SMILES string of the molecule is COc1ccccc1CC(=O)NCc1cncc(-c2ccco2)c1. The molecule has 0 saturated heterocycles. The minimum absolute atomic E-state index is 0.0668. The molecule has 0 aliphatic rings. The molecule has 2 heterocycles. The first-order chi connectivity index (χ1) is 11.8. The molecule has 1 amide bonds. The summed E-state index contributed by atoms with van der Waals surface area (Å²) in [6, 6.07) is 13.2. The molecule has 0 atom stereocenters. The lowest BCUT2D eigenvalue weighted by Crippen LogP contribution is -2.24. The number of methoxy groups -OCH3 is 1. The van der Waals surface area contributed by atoms with Crippen molar-refractivity contribution in [3.63, 3.8) is 0 Å². The standard InChI is InChI=1S/C19H18N2O3/c1-23-17-6-3-2-5-15(17)10-19(22)21-12-14-9-16(13-20-11-14)18-7-4-8-24-18/h2-9,11,13H,10,12H2,1H3,(H,21,22). The largest absolute Gasteiger partial charge is 0.496 e. The van der Waals surface area contributed by atoms with Gasteiger partial charge in [-0.05, 0) is 29.8 Å². The summed E-state index contributed by atoms with van der Waals surface area (Å²) >= 11 is 0. The Morgan fingerprint density at radius 1 is 1.21 bits per heavy atom. The van der Waals surface area contributed by atoms with Gasteiger partial charge in [-0.3, -0.25) is 9.78 Å². The van der Waals surface area contributed by atoms with Gasteiger partial charge in [0.15, 0.2) is 0 Å². The molecule has 0 fully saturated rings. The molecule has 0 bridgehead atoms. The lowest BCUT2D eigenvalue weighted by atomic mass is 10.1. The van der Waals surface area contributed by atoms with E-state index in [0.717, 1.165) is 22.5 Å². The van der Waals surface area contributed by atoms with Crippen LogP contribution in [0.2, 0.25) is 0 Å². The van der Waals surface area contributed by atoms with Gasteiger partial charge in [0.2, 0.25) is 5.91 Å². The summed E-state index contributed by atoms with van der Waals surface area (Å²) in [5.41, 5.74) is 2.66. The van der Waals surface area contributed by atoms with Crippen LogP contribution in [0.5, 0.6) is 5.75 Å². The fourth-order valence-corrected chi connectivity index (χ4v) is 2.45. The molecule has 0 radical (unpaired) electrons. The topological polar surface area (TPSA) is 64.4 Å². The number of nitrogens with one attached hydrogen (secondary N) is 1. The lowest BCUT2D eigenvalue weighted by molar-refractivity contribution is -0.120. The van der Waals surface area contributed by atoms with E-state index >= 15 is 0 Å². The van der Waals surface area contributed by atoms with Crippen molar-refractivity contribution < 1.29 is 13.9 Å². The molecule has 0 aliphatic heterocycles. The van der Waals surface area contributed by atoms with Crippen LogP contribution in [-0.2, 0) is 17.8 Å². The summed E-state index contributed by atoms with van der Waals surface area (Å²) in [5.74, 6) is 1.40. The highest BCUT2D eigenvalue weighted by molar-refractivity contribution is 5.79. The molecule has 5 nitrogen and oxygen atoms in total. The number of furan rings is 1. The van der Waals surface area contributed by atoms with E-state index < -0.39 is 0 Å². The van der Waals surface area contributed by atoms with Gasteiger partial charge in [0.05, 0.1) is 19.8 Å². The molecule has 0 spiro atoms. The number of ether oxygens (including phenoxy) is 1. The van der Waals surface area contributed by atoms with Gasteiger partial charge in [0.25, 0.3) is 0 Å². The van der Waals surface area contributed by atoms with Crippen LogP contribution in [0.4, 0.5) is 0 Å². The zero-order chi connectivity index (χ0) is 16.8. The van der Waals surface area contributed by atoms with Crippen molar-refractivity contribution in [2.24, 2.45) is 0 Å². The number of amides is 1. The number of benzene rings is 1. The normalized spacial score (nSPS) is 10.4. The second-order valence-corrected chi connectivity index (χ2v) is 5.32. The first-order valence-corrected chi connectivity index (χ1v) is 7.62. The third kappa shape index (κ3) is 3.81. The van der Waals surface area contributed by atoms with Gasteiger partial charge in [0.1, 0.15) is 11.5 Å². The summed E-state index contributed by atoms with van der Waals surface area (Å²) in [6.07, 6.45) is 5.36. The summed E-state index contributed by atoms with van der Waals surface area (Å²) in [5, 5.41) is 2.91. The molecule has 24 heavy (non-hydrogen) atoms. The van der Waals surface area contributed by atoms with Gasteiger partial charge < -0.3 is 14.5 Å². The van der Waals surface area contributed by atoms with Crippen molar-refractivity contribution in [2.75, 3.05) is 7.11 Å². The first kappa shape index (κ1) is 15.8. The summed E-state index contributed by atoms with van der Waals surface area (Å²) in [7, 11) is 1.60. The van der Waals surface area contributed by atoms with E-state index in [1.807, 2.05) is 42.5 Å². The average molecular weight is 322 g/mol. The number of nitrogens with zero attached hydrogens (tertiary/aromatic N) is 1. The number of aromatic nitrogens is 1. The molecular formula is C19H18N2O3. The van der Waals surface area contributed by atoms with E-state index in [1.54, 1.807) is 25.8 Å². The predicted molar refractivity (Wildman–Crippen MR) is 90.5 cm³/mol. The molecular weight excluding hydrogens is 304 g/mol. The highest BCUT2D eigenvalue weighted by Crippen LogP contribution is 2.20. The van der Waals surface area contributed by atoms with E-state index in [9.17, 15) is 4.79 Å². The fourth-order valence-electron chi connectivity index (χ4n) is 2.45. The molecule has 3 rings (SSSR count). The minimum Gasteiger partial charge on any atom is -0.496 e. The van der Waals surface area contributed by atoms with Crippen LogP contribution in [0.25, 0.3) is 11.3 Å². The zero-order valence-electron chi connectivity index (χ0n) is 13.4. The lowest BCUT2D eigenvalue weighted by Gasteiger charge is -2.09. The highest BCUT2D eigenvalue weighted by Gasteiger charge is 2.09. The van der Waals surface area contributed by atoms with Crippen LogP contribution in [0.3, 0.4) is 0 Å². The predicted octanol–water partition coefficient (Wildman–Crippen LogP) is 3.21. The van der Waals surface area contributed by atoms with E-state index in [2.05, 4.69) is 10.3 Å². The van der Waals surface area contributed by atoms with E-state index in [4.69, 9.17) is 9.15 Å². The fraction of sp³-hybridized carbons (Fsp3) is 0.158. The van der Waals surface area contributed by atoms with Crippen LogP contribution >= 0.6 is 0 Å². The Balaban J connectivity index is 1.61. The summed E-state index contributed by atoms with van der Waals surface area (Å²) in [4.78, 5) is 16.4. The third-order valence-electron chi connectivity index (χ3n) is 3.63. The minimum atomic E-state index is -0.0668. The molecule has 2 aromatic heterocycles. The van der Waals surface area contributed by atoms with Gasteiger partial charge in [0, 0.05) is 30.1 Å². The first-order valence-electron chi connectivity index (χ1n) is 7.62. The Morgan fingerprint density at radius 2 is 2.08 bits per heavy atom. The molecule has 0 unspecified atom stereocenters. The van der Waals surface area contributed by atoms with Crippen molar-refractivity contribution in [2.45, 2.75) is 13.0 Å². The number of hydrogen-bond donors (Lipinski definition) is 1. The molecule has 1 N–H and O–H groups in total. The number of carbonyl (C=O) groups excluding carboxylic acids is 1. The Bertz CT molecular complexity index is 813. The van der Waals surface area contributed by atoms with E-state index in [1.165, 1.54) is 0 Å². The highest BCUT2D eigenvalue weighted by atomic mass is 16.5. The zero-order valence-corrected chi connectivity index (χ0v) is 13.4. The smallest absolute Gasteiger partial charge is 0.224 e. The van der Waals surface area contributed by atoms with Crippen molar-refractivity contribution in [1.29, 1.82) is 0 Å². The average Bonchev–Trinajstić information content (AvgIpc) is 3.15. The quantitative estimate of drug-likeness (QED) is 0.757. The number of pyridine rings is 1. The second kappa shape index (κ2) is 7.46. The van der Waals surface area contributed by atoms with Crippen LogP contribution in [0, 0.1) is 0 Å². The van der Waals surface area contributed by atoms with Gasteiger partial charge >= 0.3 is 0 Å². The van der Waals surface area contributed by atoms with E-state index in [0.29, 0.717) is 12.3 Å². The Kier molecular flexibility index (Phi) is 4.91. The van der Waals surface area contributed by atoms with Gasteiger partial charge in [-0.1, -0.05) is 18.2 Å². The Morgan fingerprint density at radius 3 is 2.88 bits per heavy atom. The number of rotatable bonds is 6. The van der Waals surface area contributed by atoms with Crippen LogP contribution in [0.1, 0.15) is 11.1 Å². The molecule has 1 aromatic carbocycles. The maximum Gasteiger partial charge on any atom is 0.224 e. The molecule has 122 valence electrons. The third-order valence-corrected chi connectivity index (χ3v) is 3.63. The number of hydrogen-bond acceptors (Lipinski definition) is 4. The molecule has 3 aromatic rings. The van der Waals surface area contributed by atoms with Crippen molar-refractivity contribution >= 4 is 5.91 Å². The maximum atomic E-state index is 12.2. The van der Waals surface area contributed by atoms with Gasteiger partial charge in [-0.15, -0.1) is 0 Å². The maximum absolute atomic E-state index is 12.2.